The molecule has 4 aromatic rings. The summed E-state index contributed by atoms with van der Waals surface area (Å²) in [6, 6.07) is 17.1. The van der Waals surface area contributed by atoms with Gasteiger partial charge in [-0.15, -0.1) is 0 Å². The van der Waals surface area contributed by atoms with Crippen molar-refractivity contribution in [2.45, 2.75) is 32.8 Å². The maximum absolute atomic E-state index is 13.3. The van der Waals surface area contributed by atoms with Crippen LogP contribution in [-0.2, 0) is 4.79 Å². The first-order chi connectivity index (χ1) is 19.7. The molecule has 1 N–H and O–H groups in total. The minimum Gasteiger partial charge on any atom is -0.497 e. The highest BCUT2D eigenvalue weighted by Crippen LogP contribution is 2.34. The van der Waals surface area contributed by atoms with E-state index in [0.717, 1.165) is 31.5 Å². The van der Waals surface area contributed by atoms with Crippen LogP contribution in [0, 0.1) is 6.92 Å². The summed E-state index contributed by atoms with van der Waals surface area (Å²) in [4.78, 5) is 40.2. The highest BCUT2D eigenvalue weighted by atomic mass is 16.5. The van der Waals surface area contributed by atoms with Gasteiger partial charge in [0.1, 0.15) is 34.6 Å². The molecule has 2 heterocycles. The van der Waals surface area contributed by atoms with Crippen LogP contribution in [0.5, 0.6) is 17.2 Å². The van der Waals surface area contributed by atoms with Crippen molar-refractivity contribution in [3.63, 3.8) is 0 Å². The predicted molar refractivity (Wildman–Crippen MR) is 156 cm³/mol. The summed E-state index contributed by atoms with van der Waals surface area (Å²) in [5.74, 6) is 0.575. The lowest BCUT2D eigenvalue weighted by atomic mass is 10.0. The third-order valence-corrected chi connectivity index (χ3v) is 7.18. The summed E-state index contributed by atoms with van der Waals surface area (Å²) in [6.45, 7) is 5.12. The summed E-state index contributed by atoms with van der Waals surface area (Å²) in [5, 5.41) is 3.33. The fourth-order valence-electron chi connectivity index (χ4n) is 4.93. The van der Waals surface area contributed by atoms with Crippen LogP contribution in [0.15, 0.2) is 69.9 Å². The van der Waals surface area contributed by atoms with Crippen LogP contribution in [0.3, 0.4) is 0 Å². The Morgan fingerprint density at radius 1 is 1.00 bits per heavy atom. The van der Waals surface area contributed by atoms with Crippen LogP contribution >= 0.6 is 0 Å². The van der Waals surface area contributed by atoms with E-state index in [0.29, 0.717) is 39.3 Å². The van der Waals surface area contributed by atoms with Gasteiger partial charge in [-0.2, -0.15) is 0 Å². The van der Waals surface area contributed by atoms with E-state index in [2.05, 4.69) is 17.3 Å². The number of carbonyl (C=O) groups excluding carboxylic acids is 2. The molecule has 9 heteroatoms. The van der Waals surface area contributed by atoms with Crippen molar-refractivity contribution in [2.24, 2.45) is 0 Å². The third-order valence-electron chi connectivity index (χ3n) is 7.18. The molecule has 1 aromatic heterocycles. The van der Waals surface area contributed by atoms with E-state index in [9.17, 15) is 14.4 Å². The quantitative estimate of drug-likeness (QED) is 0.183. The maximum atomic E-state index is 13.3. The molecule has 3 aromatic carbocycles. The molecule has 0 spiro atoms. The molecule has 0 bridgehead atoms. The second-order valence-corrected chi connectivity index (χ2v) is 10.2. The maximum Gasteiger partial charge on any atom is 0.360 e. The van der Waals surface area contributed by atoms with E-state index in [1.807, 2.05) is 25.1 Å². The molecule has 1 aliphatic heterocycles. The van der Waals surface area contributed by atoms with Crippen LogP contribution in [0.1, 0.15) is 35.7 Å². The number of rotatable bonds is 7. The number of amides is 1. The summed E-state index contributed by atoms with van der Waals surface area (Å²) in [7, 11) is 3.65. The van der Waals surface area contributed by atoms with Crippen LogP contribution in [0.2, 0.25) is 0 Å². The average Bonchev–Trinajstić information content (AvgIpc) is 2.96. The zero-order valence-corrected chi connectivity index (χ0v) is 23.5. The molecule has 0 aliphatic carbocycles. The number of esters is 1. The zero-order valence-electron chi connectivity index (χ0n) is 23.5. The Balaban J connectivity index is 1.41. The van der Waals surface area contributed by atoms with Crippen LogP contribution in [-0.4, -0.2) is 50.1 Å². The largest absolute Gasteiger partial charge is 0.497 e. The van der Waals surface area contributed by atoms with Crippen molar-refractivity contribution in [3.05, 3.63) is 82.2 Å². The monoisotopic (exact) mass is 556 g/mol. The number of likely N-dealkylation sites (tertiary alicyclic amines) is 1. The Morgan fingerprint density at radius 3 is 2.49 bits per heavy atom. The van der Waals surface area contributed by atoms with E-state index < -0.39 is 17.5 Å². The van der Waals surface area contributed by atoms with Crippen molar-refractivity contribution < 1.29 is 28.2 Å². The van der Waals surface area contributed by atoms with Crippen molar-refractivity contribution in [1.82, 2.24) is 4.90 Å². The Kier molecular flexibility index (Phi) is 8.07. The first-order valence-corrected chi connectivity index (χ1v) is 13.4. The molecule has 41 heavy (non-hydrogen) atoms. The molecular formula is C32H32N2O7. The number of aryl methyl sites for hydroxylation is 1. The molecule has 0 unspecified atom stereocenters. The Hall–Kier alpha value is -4.63. The van der Waals surface area contributed by atoms with Crippen LogP contribution in [0.25, 0.3) is 22.1 Å². The van der Waals surface area contributed by atoms with Gasteiger partial charge in [0.15, 0.2) is 0 Å². The Bertz CT molecular complexity index is 1670. The average molecular weight is 557 g/mol. The molecule has 0 radical (unpaired) electrons. The van der Waals surface area contributed by atoms with Gasteiger partial charge >= 0.3 is 11.6 Å². The number of nitrogens with one attached hydrogen (secondary N) is 1. The van der Waals surface area contributed by atoms with Gasteiger partial charge in [-0.3, -0.25) is 9.59 Å². The van der Waals surface area contributed by atoms with Gasteiger partial charge in [0.05, 0.1) is 7.11 Å². The number of hydrogen-bond acceptors (Lipinski definition) is 8. The van der Waals surface area contributed by atoms with Gasteiger partial charge in [-0.1, -0.05) is 12.1 Å². The lowest BCUT2D eigenvalue weighted by molar-refractivity contribution is -0.131. The Labute approximate surface area is 237 Å². The lowest BCUT2D eigenvalue weighted by Gasteiger charge is -2.29. The number of hydrogen-bond donors (Lipinski definition) is 1. The molecule has 1 saturated heterocycles. The van der Waals surface area contributed by atoms with Crippen molar-refractivity contribution >= 4 is 28.5 Å². The van der Waals surface area contributed by atoms with E-state index in [1.165, 1.54) is 13.0 Å². The van der Waals surface area contributed by atoms with E-state index in [1.54, 1.807) is 43.5 Å². The number of fused-ring (bicyclic) bond motifs is 1. The predicted octanol–water partition coefficient (Wildman–Crippen LogP) is 5.43. The number of piperidine rings is 1. The SMILES string of the molecule is COc1cccc(-c2cc(C(=O)Nc3cc4ccc(OC5CCN(C)CC5)c(C)c4oc3=O)ccc2OC(C)=O)c1. The van der Waals surface area contributed by atoms with E-state index >= 15 is 0 Å². The van der Waals surface area contributed by atoms with Crippen molar-refractivity contribution in [3.8, 4) is 28.4 Å². The van der Waals surface area contributed by atoms with Crippen LogP contribution in [0.4, 0.5) is 5.69 Å². The molecule has 9 nitrogen and oxygen atoms in total. The standard InChI is InChI=1S/C32H32N2O7/c1-19-28(40-24-12-14-34(3)15-13-24)10-8-22-18-27(32(37)41-30(19)22)33-31(36)23-9-11-29(39-20(2)35)26(17-23)21-6-5-7-25(16-21)38-4/h5-11,16-18,24H,12-15H2,1-4H3,(H,33,36). The highest BCUT2D eigenvalue weighted by molar-refractivity contribution is 6.06. The first-order valence-electron chi connectivity index (χ1n) is 13.4. The molecule has 1 fully saturated rings. The molecular weight excluding hydrogens is 524 g/mol. The fourth-order valence-corrected chi connectivity index (χ4v) is 4.93. The minimum atomic E-state index is -0.671. The molecule has 212 valence electrons. The second-order valence-electron chi connectivity index (χ2n) is 10.2. The Morgan fingerprint density at radius 2 is 1.76 bits per heavy atom. The van der Waals surface area contributed by atoms with Gasteiger partial charge in [-0.25, -0.2) is 4.79 Å². The highest BCUT2D eigenvalue weighted by Gasteiger charge is 2.21. The summed E-state index contributed by atoms with van der Waals surface area (Å²) in [5.41, 5.74) is 1.97. The number of nitrogens with zero attached hydrogens (tertiary/aromatic N) is 1. The fraction of sp³-hybridized carbons (Fsp3) is 0.281. The topological polar surface area (TPSA) is 107 Å². The molecule has 1 aliphatic rings. The van der Waals surface area contributed by atoms with Gasteiger partial charge < -0.3 is 28.8 Å². The summed E-state index contributed by atoms with van der Waals surface area (Å²) >= 11 is 0. The molecule has 5 rings (SSSR count). The number of ether oxygens (including phenoxy) is 3. The van der Waals surface area contributed by atoms with E-state index in [-0.39, 0.29) is 17.4 Å². The molecule has 1 amide bonds. The number of methoxy groups -OCH3 is 1. The van der Waals surface area contributed by atoms with Gasteiger partial charge in [0.25, 0.3) is 5.91 Å². The smallest absolute Gasteiger partial charge is 0.360 e. The van der Waals surface area contributed by atoms with Gasteiger partial charge in [-0.05, 0) is 80.9 Å². The number of carbonyl (C=O) groups is 2. The zero-order chi connectivity index (χ0) is 29.1. The van der Waals surface area contributed by atoms with Crippen molar-refractivity contribution in [2.75, 3.05) is 32.6 Å². The van der Waals surface area contributed by atoms with Crippen LogP contribution < -0.4 is 25.2 Å². The molecule has 0 saturated carbocycles. The minimum absolute atomic E-state index is 0.0119. The summed E-state index contributed by atoms with van der Waals surface area (Å²) < 4.78 is 22.6. The second kappa shape index (κ2) is 11.9. The molecule has 0 atom stereocenters. The van der Waals surface area contributed by atoms with Crippen molar-refractivity contribution in [1.29, 1.82) is 0 Å². The number of benzene rings is 3. The number of anilines is 1. The third kappa shape index (κ3) is 6.25. The van der Waals surface area contributed by atoms with Gasteiger partial charge in [0.2, 0.25) is 0 Å². The van der Waals surface area contributed by atoms with E-state index in [4.69, 9.17) is 18.6 Å². The lowest BCUT2D eigenvalue weighted by Crippen LogP contribution is -2.35. The first kappa shape index (κ1) is 27.9. The van der Waals surface area contributed by atoms with Gasteiger partial charge in [0, 0.05) is 42.1 Å². The normalized spacial score (nSPS) is 14.0. The summed E-state index contributed by atoms with van der Waals surface area (Å²) in [6.07, 6.45) is 1.98.